The lowest BCUT2D eigenvalue weighted by molar-refractivity contribution is -0.119. The van der Waals surface area contributed by atoms with E-state index in [0.29, 0.717) is 12.4 Å². The number of aryl methyl sites for hydroxylation is 2. The number of carbonyl (C=O) groups is 1. The molecule has 0 saturated heterocycles. The van der Waals surface area contributed by atoms with E-state index in [0.717, 1.165) is 40.0 Å². The van der Waals surface area contributed by atoms with Crippen LogP contribution in [-0.4, -0.2) is 27.4 Å². The van der Waals surface area contributed by atoms with Crippen LogP contribution in [0.2, 0.25) is 0 Å². The van der Waals surface area contributed by atoms with Crippen LogP contribution in [0.5, 0.6) is 0 Å². The quantitative estimate of drug-likeness (QED) is 0.498. The Bertz CT molecular complexity index is 1190. The third-order valence-corrected chi connectivity index (χ3v) is 6.42. The summed E-state index contributed by atoms with van der Waals surface area (Å²) >= 11 is 1.74. The van der Waals surface area contributed by atoms with Gasteiger partial charge in [0, 0.05) is 29.4 Å². The van der Waals surface area contributed by atoms with Crippen molar-refractivity contribution >= 4 is 33.3 Å². The van der Waals surface area contributed by atoms with Crippen LogP contribution in [0.1, 0.15) is 22.4 Å². The summed E-state index contributed by atoms with van der Waals surface area (Å²) in [5.41, 5.74) is 3.27. The van der Waals surface area contributed by atoms with E-state index >= 15 is 0 Å². The van der Waals surface area contributed by atoms with E-state index in [9.17, 15) is 4.79 Å². The summed E-state index contributed by atoms with van der Waals surface area (Å²) in [7, 11) is 0. The molecule has 6 nitrogen and oxygen atoms in total. The van der Waals surface area contributed by atoms with Crippen molar-refractivity contribution < 1.29 is 4.79 Å². The first-order valence-electron chi connectivity index (χ1n) is 10.0. The number of aromatic nitrogens is 3. The Hall–Kier alpha value is -3.32. The van der Waals surface area contributed by atoms with Gasteiger partial charge in [0.05, 0.1) is 11.9 Å². The minimum Gasteiger partial charge on any atom is -0.360 e. The molecular weight excluding hydrogens is 394 g/mol. The molecule has 0 radical (unpaired) electrons. The maximum Gasteiger partial charge on any atom is 0.239 e. The van der Waals surface area contributed by atoms with E-state index in [1.165, 1.54) is 16.9 Å². The lowest BCUT2D eigenvalue weighted by Gasteiger charge is -2.11. The Kier molecular flexibility index (Phi) is 5.11. The number of nitrogens with zero attached hydrogens (tertiary/aromatic N) is 3. The smallest absolute Gasteiger partial charge is 0.239 e. The molecule has 1 amide bonds. The average molecular weight is 416 g/mol. The highest BCUT2D eigenvalue weighted by Crippen LogP contribution is 2.40. The van der Waals surface area contributed by atoms with Gasteiger partial charge in [0.25, 0.3) is 0 Å². The van der Waals surface area contributed by atoms with Crippen molar-refractivity contribution in [3.8, 4) is 11.4 Å². The molecule has 1 aliphatic carbocycles. The molecule has 0 unspecified atom stereocenters. The molecule has 0 atom stereocenters. The molecule has 150 valence electrons. The molecule has 7 heteroatoms. The number of nitrogens with one attached hydrogen (secondary N) is 2. The van der Waals surface area contributed by atoms with Crippen LogP contribution in [0, 0.1) is 0 Å². The fourth-order valence-electron chi connectivity index (χ4n) is 3.77. The van der Waals surface area contributed by atoms with E-state index in [1.54, 1.807) is 23.7 Å². The molecule has 4 aromatic rings. The topological polar surface area (TPSA) is 79.8 Å². The molecule has 5 rings (SSSR count). The van der Waals surface area contributed by atoms with Crippen LogP contribution in [0.3, 0.4) is 0 Å². The molecule has 2 N–H and O–H groups in total. The molecule has 0 spiro atoms. The van der Waals surface area contributed by atoms with Crippen LogP contribution in [0.15, 0.2) is 54.9 Å². The van der Waals surface area contributed by atoms with Crippen molar-refractivity contribution in [1.82, 2.24) is 20.3 Å². The molecule has 30 heavy (non-hydrogen) atoms. The lowest BCUT2D eigenvalue weighted by atomic mass is 10.2. The average Bonchev–Trinajstić information content (AvgIpc) is 3.38. The van der Waals surface area contributed by atoms with Gasteiger partial charge in [0.15, 0.2) is 5.82 Å². The molecule has 3 heterocycles. The number of rotatable bonds is 6. The summed E-state index contributed by atoms with van der Waals surface area (Å²) in [5, 5.41) is 7.30. The van der Waals surface area contributed by atoms with Crippen molar-refractivity contribution in [2.45, 2.75) is 25.8 Å². The van der Waals surface area contributed by atoms with Gasteiger partial charge in [0.1, 0.15) is 10.6 Å². The first-order chi connectivity index (χ1) is 14.8. The third kappa shape index (κ3) is 3.76. The largest absolute Gasteiger partial charge is 0.360 e. The predicted molar refractivity (Wildman–Crippen MR) is 119 cm³/mol. The fraction of sp³-hybridized carbons (Fsp3) is 0.217. The third-order valence-electron chi connectivity index (χ3n) is 5.23. The van der Waals surface area contributed by atoms with E-state index in [1.807, 2.05) is 42.5 Å². The van der Waals surface area contributed by atoms with Crippen molar-refractivity contribution in [1.29, 1.82) is 0 Å². The standard InChI is InChI=1S/C23H21N5OS/c29-19(25-12-15-6-2-1-3-7-15)14-26-22-20-17-9-4-10-18(17)30-23(20)28-21(27-22)16-8-5-11-24-13-16/h1-3,5-8,11,13H,4,9-10,12,14H2,(H,25,29)(H,26,27,28). The van der Waals surface area contributed by atoms with Crippen molar-refractivity contribution in [2.75, 3.05) is 11.9 Å². The number of hydrogen-bond acceptors (Lipinski definition) is 6. The second kappa shape index (κ2) is 8.20. The van der Waals surface area contributed by atoms with E-state index < -0.39 is 0 Å². The van der Waals surface area contributed by atoms with Crippen molar-refractivity contribution in [3.63, 3.8) is 0 Å². The zero-order valence-corrected chi connectivity index (χ0v) is 17.2. The Morgan fingerprint density at radius 2 is 1.97 bits per heavy atom. The first kappa shape index (κ1) is 18.7. The van der Waals surface area contributed by atoms with Gasteiger partial charge in [-0.1, -0.05) is 30.3 Å². The molecule has 0 bridgehead atoms. The normalized spacial score (nSPS) is 12.7. The molecule has 1 aliphatic rings. The second-order valence-corrected chi connectivity index (χ2v) is 8.37. The van der Waals surface area contributed by atoms with Crippen LogP contribution in [-0.2, 0) is 24.2 Å². The number of pyridine rings is 1. The molecule has 1 aromatic carbocycles. The van der Waals surface area contributed by atoms with Gasteiger partial charge in [-0.15, -0.1) is 11.3 Å². The van der Waals surface area contributed by atoms with E-state index in [-0.39, 0.29) is 12.5 Å². The highest BCUT2D eigenvalue weighted by atomic mass is 32.1. The van der Waals surface area contributed by atoms with Crippen LogP contribution in [0.25, 0.3) is 21.6 Å². The van der Waals surface area contributed by atoms with Crippen LogP contribution < -0.4 is 10.6 Å². The summed E-state index contributed by atoms with van der Waals surface area (Å²) in [5.74, 6) is 1.29. The Labute approximate surface area is 178 Å². The van der Waals surface area contributed by atoms with Gasteiger partial charge in [-0.3, -0.25) is 9.78 Å². The number of fused-ring (bicyclic) bond motifs is 3. The first-order valence-corrected chi connectivity index (χ1v) is 10.9. The number of anilines is 1. The van der Waals surface area contributed by atoms with Crippen molar-refractivity contribution in [3.05, 3.63) is 70.9 Å². The Morgan fingerprint density at radius 1 is 1.07 bits per heavy atom. The summed E-state index contributed by atoms with van der Waals surface area (Å²) in [6.07, 6.45) is 6.80. The summed E-state index contributed by atoms with van der Waals surface area (Å²) < 4.78 is 0. The highest BCUT2D eigenvalue weighted by Gasteiger charge is 2.23. The van der Waals surface area contributed by atoms with E-state index in [2.05, 4.69) is 15.6 Å². The van der Waals surface area contributed by atoms with Gasteiger partial charge in [-0.05, 0) is 42.5 Å². The van der Waals surface area contributed by atoms with Gasteiger partial charge in [0.2, 0.25) is 5.91 Å². The number of amides is 1. The molecule has 3 aromatic heterocycles. The van der Waals surface area contributed by atoms with Gasteiger partial charge in [-0.2, -0.15) is 0 Å². The van der Waals surface area contributed by atoms with Gasteiger partial charge < -0.3 is 10.6 Å². The van der Waals surface area contributed by atoms with Crippen LogP contribution in [0.4, 0.5) is 5.82 Å². The molecule has 0 saturated carbocycles. The molecule has 0 aliphatic heterocycles. The molecular formula is C23H21N5OS. The predicted octanol–water partition coefficient (Wildman–Crippen LogP) is 3.97. The second-order valence-electron chi connectivity index (χ2n) is 7.29. The summed E-state index contributed by atoms with van der Waals surface area (Å²) in [6, 6.07) is 13.7. The minimum atomic E-state index is -0.0691. The zero-order chi connectivity index (χ0) is 20.3. The van der Waals surface area contributed by atoms with Crippen LogP contribution >= 0.6 is 11.3 Å². The zero-order valence-electron chi connectivity index (χ0n) is 16.4. The number of hydrogen-bond donors (Lipinski definition) is 2. The van der Waals surface area contributed by atoms with Gasteiger partial charge in [-0.25, -0.2) is 9.97 Å². The SMILES string of the molecule is O=C(CNc1nc(-c2cccnc2)nc2sc3c(c12)CCC3)NCc1ccccc1. The molecule has 0 fully saturated rings. The van der Waals surface area contributed by atoms with Gasteiger partial charge >= 0.3 is 0 Å². The number of carbonyl (C=O) groups excluding carboxylic acids is 1. The Balaban J connectivity index is 1.40. The summed E-state index contributed by atoms with van der Waals surface area (Å²) in [4.78, 5) is 28.6. The lowest BCUT2D eigenvalue weighted by Crippen LogP contribution is -2.29. The van der Waals surface area contributed by atoms with E-state index in [4.69, 9.17) is 9.97 Å². The fourth-order valence-corrected chi connectivity index (χ4v) is 5.03. The Morgan fingerprint density at radius 3 is 2.80 bits per heavy atom. The van der Waals surface area contributed by atoms with Crippen molar-refractivity contribution in [2.24, 2.45) is 0 Å². The summed E-state index contributed by atoms with van der Waals surface area (Å²) in [6.45, 7) is 0.672. The minimum absolute atomic E-state index is 0.0691. The number of thiophene rings is 1. The maximum absolute atomic E-state index is 12.4. The number of benzene rings is 1. The highest BCUT2D eigenvalue weighted by molar-refractivity contribution is 7.19. The monoisotopic (exact) mass is 415 g/mol. The maximum atomic E-state index is 12.4.